The minimum atomic E-state index is 1.20. The Morgan fingerprint density at radius 3 is 0.524 bits per heavy atom. The van der Waals surface area contributed by atoms with Gasteiger partial charge >= 0.3 is 0 Å². The molecular formula is C42H84. The largest absolute Gasteiger partial charge is 0.103 e. The molecule has 0 N–H and O–H groups in total. The highest BCUT2D eigenvalue weighted by Crippen LogP contribution is 2.13. The first-order chi connectivity index (χ1) is 20.7. The van der Waals surface area contributed by atoms with E-state index in [0.29, 0.717) is 0 Å². The van der Waals surface area contributed by atoms with Gasteiger partial charge in [0.05, 0.1) is 0 Å². The van der Waals surface area contributed by atoms with Crippen LogP contribution in [0.1, 0.15) is 233 Å². The molecule has 252 valence electrons. The maximum atomic E-state index is 3.75. The van der Waals surface area contributed by atoms with Gasteiger partial charge in [0, 0.05) is 0 Å². The molecule has 42 heavy (non-hydrogen) atoms. The van der Waals surface area contributed by atoms with E-state index in [1.807, 2.05) is 18.2 Å². The van der Waals surface area contributed by atoms with Gasteiger partial charge in [0.2, 0.25) is 0 Å². The molecule has 0 amide bonds. The van der Waals surface area contributed by atoms with E-state index in [2.05, 4.69) is 40.5 Å². The highest BCUT2D eigenvalue weighted by molar-refractivity contribution is 4.66. The number of allylic oxidation sites excluding steroid dienone is 3. The fraction of sp³-hybridized carbons (Fsp3) is 0.857. The molecule has 0 fully saturated rings. The maximum Gasteiger partial charge on any atom is -0.0353 e. The lowest BCUT2D eigenvalue weighted by Gasteiger charge is -2.02. The minimum Gasteiger partial charge on any atom is -0.103 e. The van der Waals surface area contributed by atoms with Crippen LogP contribution in [-0.2, 0) is 0 Å². The fourth-order valence-corrected chi connectivity index (χ4v) is 5.33. The number of hydrogen-bond acceptors (Lipinski definition) is 0. The van der Waals surface area contributed by atoms with E-state index >= 15 is 0 Å². The molecule has 0 rings (SSSR count). The van der Waals surface area contributed by atoms with E-state index in [1.54, 1.807) is 0 Å². The summed E-state index contributed by atoms with van der Waals surface area (Å²) in [7, 11) is 0. The second kappa shape index (κ2) is 49.9. The summed E-state index contributed by atoms with van der Waals surface area (Å²) in [6.45, 7) is 18.0. The number of hydrogen-bond donors (Lipinski definition) is 0. The van der Waals surface area contributed by atoms with Crippen LogP contribution in [0.4, 0.5) is 0 Å². The molecule has 0 heteroatoms. The molecule has 0 spiro atoms. The molecule has 0 atom stereocenters. The van der Waals surface area contributed by atoms with Gasteiger partial charge in [0.15, 0.2) is 0 Å². The molecule has 0 aromatic heterocycles. The van der Waals surface area contributed by atoms with Gasteiger partial charge in [-0.1, -0.05) is 212 Å². The Kier molecular flexibility index (Phi) is 54.2. The molecule has 0 aliphatic heterocycles. The Labute approximate surface area is 270 Å². The Hall–Kier alpha value is -0.780. The van der Waals surface area contributed by atoms with E-state index in [9.17, 15) is 0 Å². The van der Waals surface area contributed by atoms with Crippen LogP contribution >= 0.6 is 0 Å². The molecule has 0 nitrogen and oxygen atoms in total. The second-order valence-electron chi connectivity index (χ2n) is 12.8. The van der Waals surface area contributed by atoms with Crippen LogP contribution in [0.3, 0.4) is 0 Å². The van der Waals surface area contributed by atoms with Crippen LogP contribution in [0.25, 0.3) is 0 Å². The van der Waals surface area contributed by atoms with Gasteiger partial charge in [0.1, 0.15) is 0 Å². The molecule has 0 unspecified atom stereocenters. The number of unbranched alkanes of at least 4 members (excludes halogenated alkanes) is 30. The molecule has 0 bridgehead atoms. The zero-order chi connectivity index (χ0) is 31.5. The average Bonchev–Trinajstić information content (AvgIpc) is 3.01. The molecule has 0 aromatic carbocycles. The molecule has 0 aliphatic carbocycles. The van der Waals surface area contributed by atoms with Gasteiger partial charge in [0.25, 0.3) is 0 Å². The van der Waals surface area contributed by atoms with E-state index in [4.69, 9.17) is 0 Å². The molecular weight excluding hydrogens is 504 g/mol. The lowest BCUT2D eigenvalue weighted by molar-refractivity contribution is 0.545. The number of rotatable bonds is 33. The smallest absolute Gasteiger partial charge is 0.0353 e. The quantitative estimate of drug-likeness (QED) is 0.0528. The summed E-state index contributed by atoms with van der Waals surface area (Å²) in [5.74, 6) is 0. The van der Waals surface area contributed by atoms with Crippen LogP contribution < -0.4 is 0 Å². The summed E-state index contributed by atoms with van der Waals surface area (Å²) in [5.41, 5.74) is 0. The monoisotopic (exact) mass is 589 g/mol. The van der Waals surface area contributed by atoms with Gasteiger partial charge in [-0.3, -0.25) is 0 Å². The predicted octanol–water partition coefficient (Wildman–Crippen LogP) is 16.5. The zero-order valence-corrected chi connectivity index (χ0v) is 30.2. The van der Waals surface area contributed by atoms with Crippen LogP contribution in [0.5, 0.6) is 0 Å². The van der Waals surface area contributed by atoms with Crippen molar-refractivity contribution in [2.75, 3.05) is 0 Å². The van der Waals surface area contributed by atoms with Crippen LogP contribution in [-0.4, -0.2) is 0 Å². The SMILES string of the molecule is C=CCCCCCCCCCC.C=CCCCCCCCCCCCC.C=CCCCCCCCCCCCCCC. The highest BCUT2D eigenvalue weighted by atomic mass is 14.0. The van der Waals surface area contributed by atoms with Crippen LogP contribution in [0, 0.1) is 0 Å². The predicted molar refractivity (Wildman–Crippen MR) is 200 cm³/mol. The molecule has 0 aromatic rings. The van der Waals surface area contributed by atoms with Gasteiger partial charge in [-0.05, 0) is 38.5 Å². The normalized spacial score (nSPS) is 10.4. The Morgan fingerprint density at radius 1 is 0.238 bits per heavy atom. The van der Waals surface area contributed by atoms with E-state index in [1.165, 1.54) is 212 Å². The van der Waals surface area contributed by atoms with E-state index in [0.717, 1.165) is 0 Å². The minimum absolute atomic E-state index is 1.20. The first kappa shape index (κ1) is 45.6. The third-order valence-electron chi connectivity index (χ3n) is 8.29. The third-order valence-corrected chi connectivity index (χ3v) is 8.29. The summed E-state index contributed by atoms with van der Waals surface area (Å²) >= 11 is 0. The zero-order valence-electron chi connectivity index (χ0n) is 30.2. The fourth-order valence-electron chi connectivity index (χ4n) is 5.33. The first-order valence-electron chi connectivity index (χ1n) is 19.6. The van der Waals surface area contributed by atoms with Gasteiger partial charge in [-0.2, -0.15) is 0 Å². The van der Waals surface area contributed by atoms with Crippen molar-refractivity contribution in [1.82, 2.24) is 0 Å². The maximum absolute atomic E-state index is 3.75. The van der Waals surface area contributed by atoms with Crippen molar-refractivity contribution in [2.24, 2.45) is 0 Å². The first-order valence-corrected chi connectivity index (χ1v) is 19.6. The van der Waals surface area contributed by atoms with E-state index < -0.39 is 0 Å². The third kappa shape index (κ3) is 55.2. The van der Waals surface area contributed by atoms with Crippen LogP contribution in [0.15, 0.2) is 38.0 Å². The highest BCUT2D eigenvalue weighted by Gasteiger charge is 1.93. The van der Waals surface area contributed by atoms with E-state index in [-0.39, 0.29) is 0 Å². The summed E-state index contributed by atoms with van der Waals surface area (Å²) < 4.78 is 0. The van der Waals surface area contributed by atoms with Crippen molar-refractivity contribution in [3.8, 4) is 0 Å². The second-order valence-corrected chi connectivity index (χ2v) is 12.8. The van der Waals surface area contributed by atoms with Crippen molar-refractivity contribution < 1.29 is 0 Å². The molecule has 0 radical (unpaired) electrons. The van der Waals surface area contributed by atoms with Crippen molar-refractivity contribution >= 4 is 0 Å². The van der Waals surface area contributed by atoms with Crippen molar-refractivity contribution in [3.63, 3.8) is 0 Å². The van der Waals surface area contributed by atoms with Crippen molar-refractivity contribution in [1.29, 1.82) is 0 Å². The molecule has 0 aliphatic rings. The Bertz CT molecular complexity index is 447. The molecule has 0 saturated heterocycles. The molecule has 0 saturated carbocycles. The van der Waals surface area contributed by atoms with Gasteiger partial charge < -0.3 is 0 Å². The lowest BCUT2D eigenvalue weighted by Crippen LogP contribution is -1.82. The van der Waals surface area contributed by atoms with Crippen molar-refractivity contribution in [3.05, 3.63) is 38.0 Å². The standard InChI is InChI=1S/C16H32.C14H28.C12H24/c1-3-5-7-9-11-13-15-16-14-12-10-8-6-4-2;1-3-5-7-9-11-13-14-12-10-8-6-4-2;1-3-5-7-9-11-12-10-8-6-4-2/h3H,1,4-16H2,2H3;3H,1,4-14H2,2H3;3H,1,4-12H2,2H3. The Balaban J connectivity index is -0.000000549. The Morgan fingerprint density at radius 2 is 0.381 bits per heavy atom. The topological polar surface area (TPSA) is 0 Å². The molecule has 0 heterocycles. The van der Waals surface area contributed by atoms with Crippen LogP contribution in [0.2, 0.25) is 0 Å². The summed E-state index contributed by atoms with van der Waals surface area (Å²) in [4.78, 5) is 0. The van der Waals surface area contributed by atoms with Crippen molar-refractivity contribution in [2.45, 2.75) is 233 Å². The van der Waals surface area contributed by atoms with Gasteiger partial charge in [-0.25, -0.2) is 0 Å². The van der Waals surface area contributed by atoms with Gasteiger partial charge in [-0.15, -0.1) is 19.7 Å². The summed E-state index contributed by atoms with van der Waals surface area (Å²) in [5, 5.41) is 0. The summed E-state index contributed by atoms with van der Waals surface area (Å²) in [6.07, 6.45) is 52.5. The lowest BCUT2D eigenvalue weighted by atomic mass is 10.0. The average molecular weight is 589 g/mol. The summed E-state index contributed by atoms with van der Waals surface area (Å²) in [6, 6.07) is 0.